The van der Waals surface area contributed by atoms with Crippen molar-refractivity contribution in [3.63, 3.8) is 0 Å². The van der Waals surface area contributed by atoms with Gasteiger partial charge in [-0.15, -0.1) is 0 Å². The van der Waals surface area contributed by atoms with E-state index >= 15 is 0 Å². The summed E-state index contributed by atoms with van der Waals surface area (Å²) in [5, 5.41) is 22.0. The molecule has 4 heterocycles. The third-order valence-corrected chi connectivity index (χ3v) is 9.60. The van der Waals surface area contributed by atoms with Crippen LogP contribution in [0.1, 0.15) is 51.9 Å². The van der Waals surface area contributed by atoms with Gasteiger partial charge in [0.25, 0.3) is 0 Å². The number of nitrogens with one attached hydrogen (secondary N) is 6. The molecule has 212 valence electrons. The Labute approximate surface area is 223 Å². The summed E-state index contributed by atoms with van der Waals surface area (Å²) in [6, 6.07) is 1.12. The Hall–Kier alpha value is -0.850. The Bertz CT molecular complexity index is 716. The summed E-state index contributed by atoms with van der Waals surface area (Å²) < 4.78 is 11.1. The van der Waals surface area contributed by atoms with Crippen LogP contribution in [0.3, 0.4) is 0 Å². The van der Waals surface area contributed by atoms with Gasteiger partial charge in [-0.2, -0.15) is 0 Å². The predicted molar refractivity (Wildman–Crippen MR) is 144 cm³/mol. The Morgan fingerprint density at radius 2 is 1.86 bits per heavy atom. The fourth-order valence-corrected chi connectivity index (χ4v) is 7.12. The van der Waals surface area contributed by atoms with Crippen molar-refractivity contribution in [2.24, 2.45) is 17.8 Å². The Morgan fingerprint density at radius 1 is 1.00 bits per heavy atom. The fourth-order valence-electron chi connectivity index (χ4n) is 7.12. The number of hydrogen-bond donors (Lipinski definition) is 6. The maximum absolute atomic E-state index is 13.2. The topological polar surface area (TPSA) is 111 Å². The molecule has 1 saturated carbocycles. The van der Waals surface area contributed by atoms with Crippen molar-refractivity contribution >= 4 is 5.91 Å². The number of amides is 1. The highest BCUT2D eigenvalue weighted by Gasteiger charge is 2.36. The van der Waals surface area contributed by atoms with Gasteiger partial charge in [-0.3, -0.25) is 25.6 Å². The van der Waals surface area contributed by atoms with Crippen molar-refractivity contribution in [1.29, 1.82) is 0 Å². The quantitative estimate of drug-likeness (QED) is 0.271. The van der Waals surface area contributed by atoms with E-state index in [1.165, 1.54) is 0 Å². The van der Waals surface area contributed by atoms with Crippen molar-refractivity contribution in [2.45, 2.75) is 88.6 Å². The number of rotatable bonds is 7. The average molecular weight is 522 g/mol. The standard InChI is InChI=1S/C27H51N7O3/c1-18-3-5-21(31-26(35)19-4-6-25(30-16-19)34-9-11-37-12-10-34)14-24(18)33-27-29-8-7-23(32-27)20-13-22(36-2)17-28-15-20/h18-25,27-30,32-33H,3-17H2,1-2H3,(H,31,35). The van der Waals surface area contributed by atoms with Gasteiger partial charge >= 0.3 is 0 Å². The SMILES string of the molecule is COC1CNCC(C2CCNC(NC3CC(NC(=O)C4CCC(N5CCOCC5)NC4)CCC3C)N2)C1. The van der Waals surface area contributed by atoms with Crippen LogP contribution in [0.15, 0.2) is 0 Å². The number of morpholine rings is 1. The first-order chi connectivity index (χ1) is 18.1. The zero-order valence-electron chi connectivity index (χ0n) is 23.0. The largest absolute Gasteiger partial charge is 0.380 e. The molecular weight excluding hydrogens is 470 g/mol. The third-order valence-electron chi connectivity index (χ3n) is 9.60. The fraction of sp³-hybridized carbons (Fsp3) is 0.963. The van der Waals surface area contributed by atoms with Crippen LogP contribution in [0.5, 0.6) is 0 Å². The van der Waals surface area contributed by atoms with Crippen LogP contribution in [0, 0.1) is 17.8 Å². The second kappa shape index (κ2) is 13.5. The predicted octanol–water partition coefficient (Wildman–Crippen LogP) is -0.233. The van der Waals surface area contributed by atoms with Gasteiger partial charge in [-0.25, -0.2) is 0 Å². The van der Waals surface area contributed by atoms with Crippen molar-refractivity contribution in [2.75, 3.05) is 59.6 Å². The van der Waals surface area contributed by atoms with Crippen molar-refractivity contribution in [3.05, 3.63) is 0 Å². The molecule has 4 aliphatic heterocycles. The number of nitrogens with zero attached hydrogens (tertiary/aromatic N) is 1. The zero-order valence-corrected chi connectivity index (χ0v) is 23.0. The van der Waals surface area contributed by atoms with Gasteiger partial charge in [0.1, 0.15) is 6.29 Å². The number of carbonyl (C=O) groups excluding carboxylic acids is 1. The molecule has 1 amide bonds. The van der Waals surface area contributed by atoms with Crippen LogP contribution < -0.4 is 31.9 Å². The molecule has 10 heteroatoms. The lowest BCUT2D eigenvalue weighted by atomic mass is 9.82. The van der Waals surface area contributed by atoms with Gasteiger partial charge in [-0.05, 0) is 69.9 Å². The second-order valence-corrected chi connectivity index (χ2v) is 12.1. The minimum atomic E-state index is 0.0746. The van der Waals surface area contributed by atoms with E-state index in [9.17, 15) is 4.79 Å². The van der Waals surface area contributed by atoms with E-state index < -0.39 is 0 Å². The second-order valence-electron chi connectivity index (χ2n) is 12.1. The molecule has 5 rings (SSSR count). The lowest BCUT2D eigenvalue weighted by molar-refractivity contribution is -0.127. The summed E-state index contributed by atoms with van der Waals surface area (Å²) in [7, 11) is 1.82. The molecule has 9 unspecified atom stereocenters. The number of piperidine rings is 2. The molecule has 5 aliphatic rings. The highest BCUT2D eigenvalue weighted by Crippen LogP contribution is 2.27. The molecule has 1 aliphatic carbocycles. The van der Waals surface area contributed by atoms with Gasteiger partial charge < -0.3 is 25.4 Å². The minimum Gasteiger partial charge on any atom is -0.380 e. The molecule has 4 saturated heterocycles. The monoisotopic (exact) mass is 521 g/mol. The summed E-state index contributed by atoms with van der Waals surface area (Å²) in [6.07, 6.45) is 8.27. The number of carbonyl (C=O) groups is 1. The molecule has 0 radical (unpaired) electrons. The molecule has 0 bridgehead atoms. The van der Waals surface area contributed by atoms with E-state index in [-0.39, 0.29) is 24.2 Å². The maximum Gasteiger partial charge on any atom is 0.224 e. The molecule has 10 nitrogen and oxygen atoms in total. The van der Waals surface area contributed by atoms with Crippen LogP contribution in [0.2, 0.25) is 0 Å². The highest BCUT2D eigenvalue weighted by atomic mass is 16.5. The first-order valence-electron chi connectivity index (χ1n) is 14.9. The van der Waals surface area contributed by atoms with Crippen LogP contribution in [0.25, 0.3) is 0 Å². The lowest BCUT2D eigenvalue weighted by Crippen LogP contribution is -2.66. The highest BCUT2D eigenvalue weighted by molar-refractivity contribution is 5.79. The van der Waals surface area contributed by atoms with E-state index in [0.29, 0.717) is 36.2 Å². The molecule has 0 spiro atoms. The van der Waals surface area contributed by atoms with E-state index in [1.807, 2.05) is 7.11 Å². The van der Waals surface area contributed by atoms with Crippen LogP contribution in [-0.4, -0.2) is 107 Å². The van der Waals surface area contributed by atoms with Gasteiger partial charge in [0.15, 0.2) is 0 Å². The van der Waals surface area contributed by atoms with Gasteiger partial charge in [0.05, 0.1) is 31.4 Å². The number of hydrogen-bond acceptors (Lipinski definition) is 9. The zero-order chi connectivity index (χ0) is 25.6. The number of methoxy groups -OCH3 is 1. The lowest BCUT2D eigenvalue weighted by Gasteiger charge is -2.43. The van der Waals surface area contributed by atoms with E-state index in [0.717, 1.165) is 97.4 Å². The molecule has 6 N–H and O–H groups in total. The van der Waals surface area contributed by atoms with Gasteiger partial charge in [-0.1, -0.05) is 6.92 Å². The molecule has 5 fully saturated rings. The average Bonchev–Trinajstić information content (AvgIpc) is 2.95. The van der Waals surface area contributed by atoms with Crippen molar-refractivity contribution < 1.29 is 14.3 Å². The minimum absolute atomic E-state index is 0.0746. The van der Waals surface area contributed by atoms with Gasteiger partial charge in [0.2, 0.25) is 5.91 Å². The third kappa shape index (κ3) is 7.42. The summed E-state index contributed by atoms with van der Waals surface area (Å²) >= 11 is 0. The molecule has 0 aromatic heterocycles. The summed E-state index contributed by atoms with van der Waals surface area (Å²) in [4.78, 5) is 15.6. The van der Waals surface area contributed by atoms with E-state index in [2.05, 4.69) is 43.7 Å². The molecule has 37 heavy (non-hydrogen) atoms. The van der Waals surface area contributed by atoms with Crippen LogP contribution in [0.4, 0.5) is 0 Å². The van der Waals surface area contributed by atoms with Crippen molar-refractivity contribution in [3.8, 4) is 0 Å². The van der Waals surface area contributed by atoms with Crippen LogP contribution >= 0.6 is 0 Å². The summed E-state index contributed by atoms with van der Waals surface area (Å²) in [6.45, 7) is 9.76. The van der Waals surface area contributed by atoms with Gasteiger partial charge in [0, 0.05) is 51.4 Å². The molecule has 9 atom stereocenters. The Morgan fingerprint density at radius 3 is 2.65 bits per heavy atom. The Balaban J connectivity index is 1.06. The maximum atomic E-state index is 13.2. The molecular formula is C27H51N7O3. The van der Waals surface area contributed by atoms with E-state index in [1.54, 1.807) is 0 Å². The summed E-state index contributed by atoms with van der Waals surface area (Å²) in [5.74, 6) is 1.49. The van der Waals surface area contributed by atoms with E-state index in [4.69, 9.17) is 9.47 Å². The Kier molecular flexibility index (Phi) is 10.1. The molecule has 0 aromatic carbocycles. The smallest absolute Gasteiger partial charge is 0.224 e. The summed E-state index contributed by atoms with van der Waals surface area (Å²) in [5.41, 5.74) is 0. The first-order valence-corrected chi connectivity index (χ1v) is 14.9. The van der Waals surface area contributed by atoms with Crippen LogP contribution in [-0.2, 0) is 14.3 Å². The normalized spacial score (nSPS) is 42.3. The molecule has 0 aromatic rings. The van der Waals surface area contributed by atoms with Crippen molar-refractivity contribution in [1.82, 2.24) is 36.8 Å². The number of ether oxygens (including phenoxy) is 2. The first kappa shape index (κ1) is 27.7.